The number of rotatable bonds is 7. The van der Waals surface area contributed by atoms with E-state index in [0.29, 0.717) is 0 Å². The third-order valence-corrected chi connectivity index (χ3v) is 20.4. The van der Waals surface area contributed by atoms with Gasteiger partial charge in [0.25, 0.3) is 11.6 Å². The Kier molecular flexibility index (Phi) is 24.3. The van der Waals surface area contributed by atoms with E-state index in [9.17, 15) is 80.5 Å². The number of aromatic hydroxyl groups is 6. The highest BCUT2D eigenvalue weighted by Crippen LogP contribution is 2.58. The molecule has 104 heavy (non-hydrogen) atoms. The molecule has 0 aliphatic carbocycles. The molecule has 0 unspecified atom stereocenters. The quantitative estimate of drug-likeness (QED) is 0.0354. The molecule has 6 aliphatic rings. The van der Waals surface area contributed by atoms with Crippen molar-refractivity contribution in [1.82, 2.24) is 0 Å². The van der Waals surface area contributed by atoms with Gasteiger partial charge in [-0.1, -0.05) is 91.8 Å². The number of phenols is 6. The predicted octanol–water partition coefficient (Wildman–Crippen LogP) is 10.6. The molecule has 0 radical (unpaired) electrons. The number of aliphatic hydroxyl groups is 6. The molecule has 0 spiro atoms. The fourth-order valence-electron chi connectivity index (χ4n) is 13.8. The van der Waals surface area contributed by atoms with Crippen molar-refractivity contribution in [2.24, 2.45) is 67.5 Å². The molecule has 0 saturated heterocycles. The predicted molar refractivity (Wildman–Crippen MR) is 385 cm³/mol. The lowest BCUT2D eigenvalue weighted by molar-refractivity contribution is -0.161. The van der Waals surface area contributed by atoms with E-state index in [1.165, 1.54) is 106 Å². The van der Waals surface area contributed by atoms with E-state index < -0.39 is 233 Å². The molecule has 6 aliphatic heterocycles. The Morgan fingerprint density at radius 3 is 1.13 bits per heavy atom. The zero-order valence-corrected chi connectivity index (χ0v) is 61.2. The summed E-state index contributed by atoms with van der Waals surface area (Å²) in [5, 5.41) is 151. The van der Waals surface area contributed by atoms with Gasteiger partial charge in [-0.2, -0.15) is 10.2 Å². The number of aliphatic hydroxyl groups excluding tert-OH is 6. The van der Waals surface area contributed by atoms with Gasteiger partial charge >= 0.3 is 23.5 Å². The average Bonchev–Trinajstić information content (AvgIpc) is 1.49. The van der Waals surface area contributed by atoms with E-state index in [0.717, 1.165) is 25.0 Å². The van der Waals surface area contributed by atoms with Crippen molar-refractivity contribution in [3.05, 3.63) is 106 Å². The lowest BCUT2D eigenvalue weighted by atomic mass is 9.78. The standard InChI is InChI=1S/C76H94N4O24/c1-31-21-19-23-33(3)73(95)79-55-45(63(89)49-51(65(55)91)61(87)41(11)69-53(49)71(93)75(15,103-69)99-27-25-47(97-17)35(5)67(101-43(13)81)39(9)59(85)37(7)57(31)83)29-77-78-30-46-56-66(92)52-50(64(46)90)54-70(42(12)62(52)88)104-76(16,72(54)94)100-28-26-48(98-18)36(6)68(102-44(14)82)40(10)60(86)38(8)58(84)32(2)22-20-24-34(4)74(96)80-56/h19-32,35-40,47-48,57-60,67-68,83-92H,1-18H3,(H,79,95)(H,80,96)/b21-19+,22-20+,27-25+,28-26+,33-23-,34-24-,77-29-,78-30+/t31-,32-,35+,36+,37+,38+,39+,40+,47-,48-,57-,58-,59+,60+,67+,68+,75-,76-/m0/s1. The van der Waals surface area contributed by atoms with Crippen LogP contribution in [0.2, 0.25) is 0 Å². The first kappa shape index (κ1) is 79.9. The molecule has 28 nitrogen and oxygen atoms in total. The number of phenolic OH excluding ortho intramolecular Hbond substituents is 6. The van der Waals surface area contributed by atoms with Gasteiger partial charge in [-0.15, -0.1) is 0 Å². The van der Waals surface area contributed by atoms with E-state index >= 15 is 0 Å². The first-order chi connectivity index (χ1) is 48.7. The molecular weight excluding hydrogens is 1350 g/mol. The van der Waals surface area contributed by atoms with Crippen molar-refractivity contribution in [2.45, 2.75) is 171 Å². The van der Waals surface area contributed by atoms with Crippen LogP contribution >= 0.6 is 0 Å². The van der Waals surface area contributed by atoms with Crippen LogP contribution in [-0.2, 0) is 38.0 Å². The number of allylic oxidation sites excluding steroid dienone is 4. The Hall–Kier alpha value is -9.84. The van der Waals surface area contributed by atoms with E-state index in [-0.39, 0.29) is 33.8 Å². The molecule has 6 heterocycles. The summed E-state index contributed by atoms with van der Waals surface area (Å²) in [6.07, 6.45) is 6.73. The van der Waals surface area contributed by atoms with Crippen LogP contribution in [-0.4, -0.2) is 184 Å². The molecule has 4 aromatic rings. The Morgan fingerprint density at radius 2 is 0.817 bits per heavy atom. The fourth-order valence-corrected chi connectivity index (χ4v) is 13.8. The fraction of sp³-hybridized carbons (Fsp3) is 0.474. The molecule has 562 valence electrons. The first-order valence-electron chi connectivity index (χ1n) is 33.9. The van der Waals surface area contributed by atoms with Crippen molar-refractivity contribution in [2.75, 3.05) is 14.2 Å². The van der Waals surface area contributed by atoms with Crippen molar-refractivity contribution >= 4 is 80.6 Å². The van der Waals surface area contributed by atoms with Gasteiger partial charge in [0.05, 0.1) is 94.6 Å². The second-order valence-electron chi connectivity index (χ2n) is 27.6. The number of ether oxygens (including phenoxy) is 8. The van der Waals surface area contributed by atoms with Crippen LogP contribution in [0.3, 0.4) is 0 Å². The summed E-state index contributed by atoms with van der Waals surface area (Å²) in [7, 11) is 2.74. The zero-order chi connectivity index (χ0) is 77.4. The molecule has 0 fully saturated rings. The molecule has 18 atom stereocenters. The average molecular weight is 1450 g/mol. The maximum Gasteiger partial charge on any atom is 0.312 e. The number of carbonyl (C=O) groups excluding carboxylic acids is 4. The smallest absolute Gasteiger partial charge is 0.312 e. The maximum absolute atomic E-state index is 15.0. The van der Waals surface area contributed by atoms with Crippen LogP contribution in [0, 0.1) is 61.2 Å². The van der Waals surface area contributed by atoms with E-state index in [1.54, 1.807) is 67.5 Å². The Balaban J connectivity index is 1.35. The topological polar surface area (TPSA) is 434 Å². The normalized spacial score (nSPS) is 33.8. The highest BCUT2D eigenvalue weighted by Gasteiger charge is 2.52. The van der Waals surface area contributed by atoms with Gasteiger partial charge in [0.15, 0.2) is 11.5 Å². The second-order valence-corrected chi connectivity index (χ2v) is 27.6. The number of Topliss-reactive ketones (excluding diaryl/α,β-unsaturated/α-hetero) is 2. The van der Waals surface area contributed by atoms with Gasteiger partial charge in [0, 0.05) is 122 Å². The molecule has 4 aromatic carbocycles. The van der Waals surface area contributed by atoms with Crippen LogP contribution < -0.4 is 9.47 Å². The summed E-state index contributed by atoms with van der Waals surface area (Å²) in [6, 6.07) is 0. The maximum atomic E-state index is 15.0. The lowest BCUT2D eigenvalue weighted by Gasteiger charge is -2.38. The first-order valence-corrected chi connectivity index (χ1v) is 33.9. The van der Waals surface area contributed by atoms with Gasteiger partial charge in [-0.3, -0.25) is 19.2 Å². The molecule has 12 N–H and O–H groups in total. The number of ketones is 2. The summed E-state index contributed by atoms with van der Waals surface area (Å²) in [5.74, 6) is -21.2. The van der Waals surface area contributed by atoms with E-state index in [4.69, 9.17) is 37.9 Å². The lowest BCUT2D eigenvalue weighted by Crippen LogP contribution is -2.46. The van der Waals surface area contributed by atoms with Gasteiger partial charge in [-0.25, -0.2) is 9.98 Å². The summed E-state index contributed by atoms with van der Waals surface area (Å²) >= 11 is 0. The van der Waals surface area contributed by atoms with E-state index in [1.807, 2.05) is 0 Å². The molecular formula is C76H94N4O24. The number of methoxy groups -OCH3 is 2. The van der Waals surface area contributed by atoms with Crippen LogP contribution in [0.25, 0.3) is 21.5 Å². The van der Waals surface area contributed by atoms with Crippen molar-refractivity contribution in [3.63, 3.8) is 0 Å². The second kappa shape index (κ2) is 31.6. The minimum atomic E-state index is -2.28. The van der Waals surface area contributed by atoms with Crippen LogP contribution in [0.5, 0.6) is 46.0 Å². The third kappa shape index (κ3) is 15.1. The van der Waals surface area contributed by atoms with Crippen LogP contribution in [0.15, 0.2) is 92.5 Å². The van der Waals surface area contributed by atoms with E-state index in [2.05, 4.69) is 20.2 Å². The molecule has 0 amide bonds. The Bertz CT molecular complexity index is 4100. The van der Waals surface area contributed by atoms with Gasteiger partial charge < -0.3 is 99.2 Å². The largest absolute Gasteiger partial charge is 0.507 e. The molecule has 28 heteroatoms. The van der Waals surface area contributed by atoms with Crippen LogP contribution in [0.1, 0.15) is 140 Å². The number of hydrogen-bond donors (Lipinski definition) is 12. The Morgan fingerprint density at radius 1 is 0.481 bits per heavy atom. The molecule has 10 rings (SSSR count). The number of fused-ring (bicyclic) bond motifs is 26. The van der Waals surface area contributed by atoms with Crippen molar-refractivity contribution < 1.29 is 118 Å². The highest BCUT2D eigenvalue weighted by atomic mass is 16.7. The number of aliphatic imine (C=N–C) groups is 2. The van der Waals surface area contributed by atoms with Crippen LogP contribution in [0.4, 0.5) is 11.4 Å². The zero-order valence-electron chi connectivity index (χ0n) is 61.2. The third-order valence-electron chi connectivity index (χ3n) is 20.4. The number of esters is 2. The number of carbonyl (C=O) groups is 4. The molecule has 0 aromatic heterocycles. The summed E-state index contributed by atoms with van der Waals surface area (Å²) in [6.45, 7) is 23.8. The number of benzene rings is 4. The minimum Gasteiger partial charge on any atom is -0.507 e. The molecule has 10 bridgehead atoms. The van der Waals surface area contributed by atoms with Gasteiger partial charge in [0.2, 0.25) is 11.8 Å². The number of nitrogens with zero attached hydrogens (tertiary/aromatic N) is 4. The van der Waals surface area contributed by atoms with Crippen molar-refractivity contribution in [3.8, 4) is 46.0 Å². The molecule has 0 saturated carbocycles. The minimum absolute atomic E-state index is 0.0158. The van der Waals surface area contributed by atoms with Crippen molar-refractivity contribution in [1.29, 1.82) is 0 Å². The van der Waals surface area contributed by atoms with Gasteiger partial charge in [0.1, 0.15) is 58.1 Å². The highest BCUT2D eigenvalue weighted by molar-refractivity contribution is 6.24. The van der Waals surface area contributed by atoms with Gasteiger partial charge in [-0.05, 0) is 39.8 Å². The summed E-state index contributed by atoms with van der Waals surface area (Å²) < 4.78 is 47.7. The monoisotopic (exact) mass is 1450 g/mol. The SMILES string of the molecule is CO[C@H]1/C=C/O[C@@]2(C)Oc3c(C)c(O)c4c(O)c(c(/C=N\N=C\c5c6c(O)c7c(O)c(C)c8c(c7c5O)C(=O)[C@@](C)(O/C=C/[C@H](OC)[C@@H](C)[C@@H](OC(C)=O)[C@H](C)[C@H](O)[C@H](C)[C@@H](O)[C@@H](C)/C=C/C=C(C)\C(O)=N/6)O8)c(O)c4c3C2=O)\N=C(O)/C(C)=C\C=C\[C@H](C)[C@H](O)[C@@H](C)[C@@H](O)[C@@H](C)[C@H](OC(C)=O)[C@@H]1C. The summed E-state index contributed by atoms with van der Waals surface area (Å²) in [4.78, 5) is 63.8. The number of hydrogen-bond acceptors (Lipinski definition) is 26. The summed E-state index contributed by atoms with van der Waals surface area (Å²) in [5.41, 5.74) is -3.62. The Labute approximate surface area is 601 Å².